The molecule has 0 aliphatic carbocycles. The molecule has 39 heavy (non-hydrogen) atoms. The Kier molecular flexibility index (Phi) is 7.00. The molecular formula is C27H26F3N5O4. The van der Waals surface area contributed by atoms with Crippen LogP contribution in [-0.2, 0) is 28.7 Å². The fourth-order valence-corrected chi connectivity index (χ4v) is 4.59. The molecule has 9 nitrogen and oxygen atoms in total. The summed E-state index contributed by atoms with van der Waals surface area (Å²) in [6.07, 6.45) is -2.84. The lowest BCUT2D eigenvalue weighted by Gasteiger charge is -2.32. The number of alkyl halides is 3. The fraction of sp³-hybridized carbons (Fsp3) is 0.333. The molecule has 0 unspecified atom stereocenters. The van der Waals surface area contributed by atoms with Crippen molar-refractivity contribution in [1.82, 2.24) is 19.2 Å². The van der Waals surface area contributed by atoms with Crippen molar-refractivity contribution in [3.05, 3.63) is 81.8 Å². The number of fused-ring (bicyclic) bond motifs is 1. The van der Waals surface area contributed by atoms with Crippen LogP contribution in [0.2, 0.25) is 0 Å². The van der Waals surface area contributed by atoms with Crippen LogP contribution in [0.5, 0.6) is 0 Å². The third-order valence-electron chi connectivity index (χ3n) is 6.76. The molecule has 4 aromatic rings. The number of carbonyl (C=O) groups is 1. The lowest BCUT2D eigenvalue weighted by Crippen LogP contribution is -2.38. The van der Waals surface area contributed by atoms with Gasteiger partial charge >= 0.3 is 6.18 Å². The molecule has 2 aromatic carbocycles. The van der Waals surface area contributed by atoms with Crippen LogP contribution in [0.1, 0.15) is 29.7 Å². The maximum absolute atomic E-state index is 12.8. The fourth-order valence-electron chi connectivity index (χ4n) is 4.59. The van der Waals surface area contributed by atoms with Crippen LogP contribution >= 0.6 is 0 Å². The maximum atomic E-state index is 12.8. The van der Waals surface area contributed by atoms with E-state index in [2.05, 4.69) is 15.4 Å². The Morgan fingerprint density at radius 1 is 1.10 bits per heavy atom. The van der Waals surface area contributed by atoms with Gasteiger partial charge in [0, 0.05) is 42.6 Å². The highest BCUT2D eigenvalue weighted by Crippen LogP contribution is 2.30. The molecule has 0 atom stereocenters. The number of nitrogens with one attached hydrogen (secondary N) is 1. The third kappa shape index (κ3) is 5.86. The topological polar surface area (TPSA) is 111 Å². The highest BCUT2D eigenvalue weighted by molar-refractivity contribution is 5.90. The average Bonchev–Trinajstić information content (AvgIpc) is 3.33. The smallest absolute Gasteiger partial charge is 0.389 e. The standard InChI is InChI=1S/C27H26F3N5O4/c1-17-14-23(37)35-25(34(17)16-22(36)31-21-8-6-20(7-9-21)27(28,29)30)32-24(33-35)19-4-2-18(3-5-19)15-26(38)10-12-39-13-11-26/h2-9,14,38H,10-13,15-16H2,1H3,(H,31,36). The Morgan fingerprint density at radius 2 is 1.77 bits per heavy atom. The van der Waals surface area contributed by atoms with E-state index < -0.39 is 28.8 Å². The molecule has 1 fully saturated rings. The zero-order valence-corrected chi connectivity index (χ0v) is 21.0. The van der Waals surface area contributed by atoms with Crippen molar-refractivity contribution in [3.63, 3.8) is 0 Å². The van der Waals surface area contributed by atoms with E-state index in [0.29, 0.717) is 43.7 Å². The minimum absolute atomic E-state index is 0.151. The number of ether oxygens (including phenoxy) is 1. The number of halogens is 3. The zero-order valence-electron chi connectivity index (χ0n) is 21.0. The monoisotopic (exact) mass is 541 g/mol. The number of anilines is 1. The molecule has 1 saturated heterocycles. The Labute approximate surface area is 220 Å². The molecule has 2 N–H and O–H groups in total. The molecule has 1 aliphatic rings. The van der Waals surface area contributed by atoms with Crippen molar-refractivity contribution in [2.75, 3.05) is 18.5 Å². The van der Waals surface area contributed by atoms with Gasteiger partial charge in [0.05, 0.1) is 11.2 Å². The first kappa shape index (κ1) is 26.6. The van der Waals surface area contributed by atoms with Gasteiger partial charge in [0.25, 0.3) is 5.56 Å². The van der Waals surface area contributed by atoms with Gasteiger partial charge < -0.3 is 19.7 Å². The number of rotatable bonds is 6. The van der Waals surface area contributed by atoms with E-state index in [9.17, 15) is 27.9 Å². The molecule has 5 rings (SSSR count). The van der Waals surface area contributed by atoms with Crippen LogP contribution < -0.4 is 10.9 Å². The first-order valence-corrected chi connectivity index (χ1v) is 12.3. The number of hydrogen-bond acceptors (Lipinski definition) is 6. The van der Waals surface area contributed by atoms with E-state index in [0.717, 1.165) is 22.2 Å². The van der Waals surface area contributed by atoms with Crippen LogP contribution in [0.15, 0.2) is 59.4 Å². The average molecular weight is 542 g/mol. The van der Waals surface area contributed by atoms with Gasteiger partial charge in [0.1, 0.15) is 6.54 Å². The SMILES string of the molecule is Cc1cc(=O)n2nc(-c3ccc(CC4(O)CCOCC4)cc3)nc2n1CC(=O)Nc1ccc(C(F)(F)F)cc1. The molecule has 0 saturated carbocycles. The van der Waals surface area contributed by atoms with Gasteiger partial charge in [0.15, 0.2) is 5.82 Å². The molecular weight excluding hydrogens is 515 g/mol. The lowest BCUT2D eigenvalue weighted by atomic mass is 9.87. The molecule has 0 bridgehead atoms. The summed E-state index contributed by atoms with van der Waals surface area (Å²) < 4.78 is 46.4. The molecule has 12 heteroatoms. The van der Waals surface area contributed by atoms with E-state index in [1.54, 1.807) is 6.92 Å². The van der Waals surface area contributed by atoms with Crippen LogP contribution in [-0.4, -0.2) is 49.0 Å². The Morgan fingerprint density at radius 3 is 2.41 bits per heavy atom. The minimum Gasteiger partial charge on any atom is -0.389 e. The van der Waals surface area contributed by atoms with Gasteiger partial charge in [0.2, 0.25) is 11.7 Å². The molecule has 1 amide bonds. The summed E-state index contributed by atoms with van der Waals surface area (Å²) in [6.45, 7) is 2.46. The molecule has 1 aliphatic heterocycles. The number of aliphatic hydroxyl groups is 1. The lowest BCUT2D eigenvalue weighted by molar-refractivity contribution is -0.137. The van der Waals surface area contributed by atoms with E-state index in [-0.39, 0.29) is 23.8 Å². The van der Waals surface area contributed by atoms with Crippen molar-refractivity contribution in [3.8, 4) is 11.4 Å². The highest BCUT2D eigenvalue weighted by Gasteiger charge is 2.31. The second kappa shape index (κ2) is 10.3. The van der Waals surface area contributed by atoms with E-state index in [1.807, 2.05) is 24.3 Å². The normalized spacial score (nSPS) is 15.4. The number of aryl methyl sites for hydroxylation is 1. The summed E-state index contributed by atoms with van der Waals surface area (Å²) in [7, 11) is 0. The first-order valence-electron chi connectivity index (χ1n) is 12.3. The summed E-state index contributed by atoms with van der Waals surface area (Å²) in [6, 6.07) is 12.8. The van der Waals surface area contributed by atoms with Crippen LogP contribution in [0.3, 0.4) is 0 Å². The van der Waals surface area contributed by atoms with Gasteiger partial charge in [-0.1, -0.05) is 24.3 Å². The number of nitrogens with zero attached hydrogens (tertiary/aromatic N) is 4. The Hall–Kier alpha value is -4.03. The first-order chi connectivity index (χ1) is 18.5. The van der Waals surface area contributed by atoms with Crippen molar-refractivity contribution in [2.24, 2.45) is 0 Å². The second-order valence-electron chi connectivity index (χ2n) is 9.69. The molecule has 204 valence electrons. The number of benzene rings is 2. The van der Waals surface area contributed by atoms with E-state index in [4.69, 9.17) is 4.74 Å². The number of amides is 1. The van der Waals surface area contributed by atoms with Crippen molar-refractivity contribution in [2.45, 2.75) is 44.5 Å². The summed E-state index contributed by atoms with van der Waals surface area (Å²) in [5.41, 5.74) is 0.231. The third-order valence-corrected chi connectivity index (χ3v) is 6.76. The largest absolute Gasteiger partial charge is 0.416 e. The second-order valence-corrected chi connectivity index (χ2v) is 9.69. The van der Waals surface area contributed by atoms with Crippen LogP contribution in [0.4, 0.5) is 18.9 Å². The van der Waals surface area contributed by atoms with Crippen molar-refractivity contribution < 1.29 is 27.8 Å². The quantitative estimate of drug-likeness (QED) is 0.386. The van der Waals surface area contributed by atoms with E-state index >= 15 is 0 Å². The predicted molar refractivity (Wildman–Crippen MR) is 136 cm³/mol. The maximum Gasteiger partial charge on any atom is 0.416 e. The van der Waals surface area contributed by atoms with E-state index in [1.165, 1.54) is 22.8 Å². The number of carbonyl (C=O) groups excluding carboxylic acids is 1. The summed E-state index contributed by atoms with van der Waals surface area (Å²) in [4.78, 5) is 29.9. The van der Waals surface area contributed by atoms with Gasteiger partial charge in [-0.05, 0) is 49.6 Å². The minimum atomic E-state index is -4.47. The molecule has 0 radical (unpaired) electrons. The van der Waals surface area contributed by atoms with Gasteiger partial charge in [-0.25, -0.2) is 0 Å². The summed E-state index contributed by atoms with van der Waals surface area (Å²) in [5, 5.41) is 17.7. The molecule has 0 spiro atoms. The van der Waals surface area contributed by atoms with Crippen molar-refractivity contribution >= 4 is 17.4 Å². The number of aromatic nitrogens is 4. The van der Waals surface area contributed by atoms with Gasteiger partial charge in [-0.3, -0.25) is 9.59 Å². The number of hydrogen-bond donors (Lipinski definition) is 2. The van der Waals surface area contributed by atoms with Gasteiger partial charge in [-0.15, -0.1) is 5.10 Å². The molecule has 2 aromatic heterocycles. The predicted octanol–water partition coefficient (Wildman–Crippen LogP) is 3.61. The van der Waals surface area contributed by atoms with Crippen LogP contribution in [0, 0.1) is 6.92 Å². The zero-order chi connectivity index (χ0) is 27.8. The summed E-state index contributed by atoms with van der Waals surface area (Å²) in [5.74, 6) is -0.0764. The van der Waals surface area contributed by atoms with Crippen LogP contribution in [0.25, 0.3) is 17.2 Å². The Balaban J connectivity index is 1.36. The summed E-state index contributed by atoms with van der Waals surface area (Å²) >= 11 is 0. The Bertz CT molecular complexity index is 1550. The highest BCUT2D eigenvalue weighted by atomic mass is 19.4. The van der Waals surface area contributed by atoms with Crippen molar-refractivity contribution in [1.29, 1.82) is 0 Å². The molecule has 3 heterocycles. The van der Waals surface area contributed by atoms with Gasteiger partial charge in [-0.2, -0.15) is 22.7 Å².